The molecule has 0 radical (unpaired) electrons. The maximum atomic E-state index is 11.9. The minimum atomic E-state index is -0.274. The van der Waals surface area contributed by atoms with Gasteiger partial charge in [-0.05, 0) is 26.0 Å². The SMILES string of the molecule is Cc1nn(CC(=O)Nc2ccccc2O)c(C)c1Cl. The average Bonchev–Trinajstić information content (AvgIpc) is 2.60. The first-order valence-corrected chi connectivity index (χ1v) is 6.14. The number of halogens is 1. The molecule has 0 unspecified atom stereocenters. The first-order valence-electron chi connectivity index (χ1n) is 5.76. The summed E-state index contributed by atoms with van der Waals surface area (Å²) in [5.41, 5.74) is 1.81. The summed E-state index contributed by atoms with van der Waals surface area (Å²) in [6.45, 7) is 3.64. The fourth-order valence-electron chi connectivity index (χ4n) is 1.73. The summed E-state index contributed by atoms with van der Waals surface area (Å²) in [4.78, 5) is 11.9. The van der Waals surface area contributed by atoms with E-state index in [2.05, 4.69) is 10.4 Å². The number of hydrogen-bond donors (Lipinski definition) is 2. The zero-order valence-electron chi connectivity index (χ0n) is 10.6. The van der Waals surface area contributed by atoms with Crippen LogP contribution in [0.2, 0.25) is 5.02 Å². The maximum absolute atomic E-state index is 11.9. The zero-order chi connectivity index (χ0) is 14.0. The van der Waals surface area contributed by atoms with E-state index >= 15 is 0 Å². The van der Waals surface area contributed by atoms with Gasteiger partial charge in [0.25, 0.3) is 0 Å². The number of aromatic hydroxyl groups is 1. The van der Waals surface area contributed by atoms with Crippen LogP contribution in [0.3, 0.4) is 0 Å². The second-order valence-corrected chi connectivity index (χ2v) is 4.59. The minimum Gasteiger partial charge on any atom is -0.506 e. The third kappa shape index (κ3) is 2.88. The number of phenolic OH excluding ortho intramolecular Hbond substituents is 1. The molecule has 1 heterocycles. The molecule has 0 fully saturated rings. The molecule has 100 valence electrons. The molecular formula is C13H14ClN3O2. The number of amides is 1. The zero-order valence-corrected chi connectivity index (χ0v) is 11.4. The Labute approximate surface area is 115 Å². The molecule has 0 aliphatic rings. The Morgan fingerprint density at radius 3 is 2.68 bits per heavy atom. The van der Waals surface area contributed by atoms with Crippen molar-refractivity contribution >= 4 is 23.2 Å². The summed E-state index contributed by atoms with van der Waals surface area (Å²) in [7, 11) is 0. The number of rotatable bonds is 3. The Kier molecular flexibility index (Phi) is 3.76. The average molecular weight is 280 g/mol. The smallest absolute Gasteiger partial charge is 0.246 e. The van der Waals surface area contributed by atoms with E-state index < -0.39 is 0 Å². The molecule has 1 aromatic heterocycles. The number of benzene rings is 1. The van der Waals surface area contributed by atoms with Crippen molar-refractivity contribution < 1.29 is 9.90 Å². The van der Waals surface area contributed by atoms with E-state index in [1.807, 2.05) is 0 Å². The molecule has 1 amide bonds. The van der Waals surface area contributed by atoms with Crippen molar-refractivity contribution in [3.8, 4) is 5.75 Å². The lowest BCUT2D eigenvalue weighted by atomic mass is 10.3. The topological polar surface area (TPSA) is 67.2 Å². The Morgan fingerprint density at radius 1 is 1.42 bits per heavy atom. The summed E-state index contributed by atoms with van der Waals surface area (Å²) < 4.78 is 1.53. The van der Waals surface area contributed by atoms with Gasteiger partial charge in [0.1, 0.15) is 12.3 Å². The van der Waals surface area contributed by atoms with E-state index in [1.165, 1.54) is 10.7 Å². The summed E-state index contributed by atoms with van der Waals surface area (Å²) in [5.74, 6) is -0.244. The van der Waals surface area contributed by atoms with Gasteiger partial charge < -0.3 is 10.4 Å². The molecule has 1 aromatic carbocycles. The fraction of sp³-hybridized carbons (Fsp3) is 0.231. The Bertz CT molecular complexity index is 622. The van der Waals surface area contributed by atoms with Gasteiger partial charge in [-0.3, -0.25) is 9.48 Å². The summed E-state index contributed by atoms with van der Waals surface area (Å²) in [6, 6.07) is 6.55. The van der Waals surface area contributed by atoms with Gasteiger partial charge in [0.05, 0.1) is 22.1 Å². The quantitative estimate of drug-likeness (QED) is 0.848. The molecule has 0 spiro atoms. The molecule has 6 heteroatoms. The lowest BCUT2D eigenvalue weighted by molar-refractivity contribution is -0.117. The first kappa shape index (κ1) is 13.4. The largest absolute Gasteiger partial charge is 0.506 e. The van der Waals surface area contributed by atoms with Gasteiger partial charge in [-0.25, -0.2) is 0 Å². The maximum Gasteiger partial charge on any atom is 0.246 e. The van der Waals surface area contributed by atoms with Crippen molar-refractivity contribution in [3.63, 3.8) is 0 Å². The van der Waals surface area contributed by atoms with E-state index in [4.69, 9.17) is 11.6 Å². The van der Waals surface area contributed by atoms with Gasteiger partial charge in [-0.1, -0.05) is 23.7 Å². The molecular weight excluding hydrogens is 266 g/mol. The van der Waals surface area contributed by atoms with Crippen LogP contribution in [0.4, 0.5) is 5.69 Å². The van der Waals surface area contributed by atoms with Crippen LogP contribution < -0.4 is 5.32 Å². The number of aryl methyl sites for hydroxylation is 1. The number of carbonyl (C=O) groups is 1. The number of carbonyl (C=O) groups excluding carboxylic acids is 1. The van der Waals surface area contributed by atoms with Crippen molar-refractivity contribution in [3.05, 3.63) is 40.7 Å². The summed E-state index contributed by atoms with van der Waals surface area (Å²) in [6.07, 6.45) is 0. The van der Waals surface area contributed by atoms with Gasteiger partial charge in [0.15, 0.2) is 0 Å². The number of para-hydroxylation sites is 2. The highest BCUT2D eigenvalue weighted by molar-refractivity contribution is 6.31. The Balaban J connectivity index is 2.10. The minimum absolute atomic E-state index is 0.0299. The Hall–Kier alpha value is -2.01. The standard InChI is InChI=1S/C13H14ClN3O2/c1-8-13(14)9(2)17(16-8)7-12(19)15-10-5-3-4-6-11(10)18/h3-6,18H,7H2,1-2H3,(H,15,19). The van der Waals surface area contributed by atoms with Crippen molar-refractivity contribution in [2.75, 3.05) is 5.32 Å². The number of hydrogen-bond acceptors (Lipinski definition) is 3. The molecule has 2 rings (SSSR count). The van der Waals surface area contributed by atoms with Gasteiger partial charge in [0, 0.05) is 0 Å². The molecule has 5 nitrogen and oxygen atoms in total. The van der Waals surface area contributed by atoms with E-state index in [0.717, 1.165) is 5.69 Å². The van der Waals surface area contributed by atoms with Crippen molar-refractivity contribution in [2.24, 2.45) is 0 Å². The van der Waals surface area contributed by atoms with Gasteiger partial charge in [-0.2, -0.15) is 5.10 Å². The molecule has 0 saturated carbocycles. The lowest BCUT2D eigenvalue weighted by Gasteiger charge is -2.08. The summed E-state index contributed by atoms with van der Waals surface area (Å²) in [5, 5.41) is 16.9. The van der Waals surface area contributed by atoms with Crippen LogP contribution in [0.15, 0.2) is 24.3 Å². The van der Waals surface area contributed by atoms with Crippen LogP contribution in [0.25, 0.3) is 0 Å². The highest BCUT2D eigenvalue weighted by Gasteiger charge is 2.13. The number of nitrogens with zero attached hydrogens (tertiary/aromatic N) is 2. The van der Waals surface area contributed by atoms with Crippen LogP contribution in [-0.4, -0.2) is 20.8 Å². The van der Waals surface area contributed by atoms with Crippen molar-refractivity contribution in [1.82, 2.24) is 9.78 Å². The third-order valence-corrected chi connectivity index (χ3v) is 3.31. The highest BCUT2D eigenvalue weighted by Crippen LogP contribution is 2.22. The number of anilines is 1. The molecule has 19 heavy (non-hydrogen) atoms. The predicted molar refractivity (Wildman–Crippen MR) is 73.4 cm³/mol. The number of phenols is 1. The van der Waals surface area contributed by atoms with Crippen LogP contribution >= 0.6 is 11.6 Å². The van der Waals surface area contributed by atoms with Gasteiger partial charge in [0.2, 0.25) is 5.91 Å². The molecule has 0 atom stereocenters. The van der Waals surface area contributed by atoms with Crippen molar-refractivity contribution in [2.45, 2.75) is 20.4 Å². The fourth-order valence-corrected chi connectivity index (χ4v) is 1.87. The van der Waals surface area contributed by atoms with Crippen LogP contribution in [0.1, 0.15) is 11.4 Å². The van der Waals surface area contributed by atoms with E-state index in [-0.39, 0.29) is 18.2 Å². The molecule has 2 aromatic rings. The number of aromatic nitrogens is 2. The Morgan fingerprint density at radius 2 is 2.11 bits per heavy atom. The van der Waals surface area contributed by atoms with E-state index in [1.54, 1.807) is 32.0 Å². The summed E-state index contributed by atoms with van der Waals surface area (Å²) >= 11 is 6.01. The molecule has 0 aliphatic heterocycles. The van der Waals surface area contributed by atoms with Gasteiger partial charge in [-0.15, -0.1) is 0 Å². The normalized spacial score (nSPS) is 10.5. The predicted octanol–water partition coefficient (Wildman–Crippen LogP) is 2.50. The first-order chi connectivity index (χ1) is 8.99. The monoisotopic (exact) mass is 279 g/mol. The van der Waals surface area contributed by atoms with Crippen molar-refractivity contribution in [1.29, 1.82) is 0 Å². The number of nitrogens with one attached hydrogen (secondary N) is 1. The van der Waals surface area contributed by atoms with Crippen LogP contribution in [-0.2, 0) is 11.3 Å². The van der Waals surface area contributed by atoms with Crippen LogP contribution in [0, 0.1) is 13.8 Å². The van der Waals surface area contributed by atoms with Gasteiger partial charge >= 0.3 is 0 Å². The highest BCUT2D eigenvalue weighted by atomic mass is 35.5. The molecule has 0 bridgehead atoms. The lowest BCUT2D eigenvalue weighted by Crippen LogP contribution is -2.20. The second-order valence-electron chi connectivity index (χ2n) is 4.21. The molecule has 0 saturated heterocycles. The molecule has 0 aliphatic carbocycles. The van der Waals surface area contributed by atoms with E-state index in [9.17, 15) is 9.90 Å². The molecule has 2 N–H and O–H groups in total. The third-order valence-electron chi connectivity index (χ3n) is 2.76. The van der Waals surface area contributed by atoms with Crippen LogP contribution in [0.5, 0.6) is 5.75 Å². The van der Waals surface area contributed by atoms with E-state index in [0.29, 0.717) is 16.4 Å². The second kappa shape index (κ2) is 5.32.